The van der Waals surface area contributed by atoms with Gasteiger partial charge < -0.3 is 15.2 Å². The van der Waals surface area contributed by atoms with E-state index >= 15 is 0 Å². The molecule has 2 aromatic heterocycles. The number of fused-ring (bicyclic) bond motifs is 3. The summed E-state index contributed by atoms with van der Waals surface area (Å²) >= 11 is 2.99. The van der Waals surface area contributed by atoms with Gasteiger partial charge in [-0.1, -0.05) is 11.8 Å². The summed E-state index contributed by atoms with van der Waals surface area (Å²) < 4.78 is 10.5. The topological polar surface area (TPSA) is 87.3 Å². The first kappa shape index (κ1) is 19.0. The molecule has 0 amide bonds. The normalized spacial score (nSPS) is 13.4. The van der Waals surface area contributed by atoms with E-state index in [1.54, 1.807) is 43.8 Å². The molecule has 3 aromatic rings. The Bertz CT molecular complexity index is 1050. The van der Waals surface area contributed by atoms with Crippen molar-refractivity contribution in [2.24, 2.45) is 0 Å². The fourth-order valence-electron chi connectivity index (χ4n) is 3.47. The maximum absolute atomic E-state index is 12.7. The van der Waals surface area contributed by atoms with Gasteiger partial charge in [0.1, 0.15) is 22.1 Å². The minimum Gasteiger partial charge on any atom is -0.497 e. The number of methoxy groups -OCH3 is 2. The summed E-state index contributed by atoms with van der Waals surface area (Å²) in [4.78, 5) is 24.2. The van der Waals surface area contributed by atoms with E-state index in [4.69, 9.17) is 15.2 Å². The molecule has 0 radical (unpaired) electrons. The molecule has 0 unspecified atom stereocenters. The Balaban J connectivity index is 1.57. The molecular formula is C20H21N3O3S2. The minimum atomic E-state index is -0.0755. The molecule has 0 aliphatic heterocycles. The number of nitrogen functional groups attached to an aromatic ring is 1. The molecule has 2 N–H and O–H groups in total. The zero-order chi connectivity index (χ0) is 19.7. The van der Waals surface area contributed by atoms with Crippen LogP contribution in [0, 0.1) is 0 Å². The lowest BCUT2D eigenvalue weighted by Crippen LogP contribution is -2.06. The van der Waals surface area contributed by atoms with E-state index in [0.717, 1.165) is 23.1 Å². The summed E-state index contributed by atoms with van der Waals surface area (Å²) in [6.45, 7) is 0. The summed E-state index contributed by atoms with van der Waals surface area (Å²) in [5, 5.41) is 1.53. The number of thiophene rings is 1. The molecule has 2 heterocycles. The molecule has 0 atom stereocenters. The molecule has 28 heavy (non-hydrogen) atoms. The molecule has 1 aliphatic rings. The number of nitrogens with zero attached hydrogens (tertiary/aromatic N) is 2. The third kappa shape index (κ3) is 3.54. The Hall–Kier alpha value is -2.32. The first-order valence-electron chi connectivity index (χ1n) is 9.06. The molecule has 0 spiro atoms. The number of anilines is 1. The summed E-state index contributed by atoms with van der Waals surface area (Å²) in [5.41, 5.74) is 8.05. The Morgan fingerprint density at radius 2 is 2.04 bits per heavy atom. The zero-order valence-electron chi connectivity index (χ0n) is 15.8. The fourth-order valence-corrected chi connectivity index (χ4v) is 5.53. The van der Waals surface area contributed by atoms with Crippen LogP contribution in [0.2, 0.25) is 0 Å². The van der Waals surface area contributed by atoms with Gasteiger partial charge in [-0.25, -0.2) is 9.97 Å². The number of ether oxygens (including phenoxy) is 2. The van der Waals surface area contributed by atoms with Crippen molar-refractivity contribution in [3.05, 3.63) is 34.2 Å². The predicted octanol–water partition coefficient (Wildman–Crippen LogP) is 4.14. The lowest BCUT2D eigenvalue weighted by molar-refractivity contribution is 0.101. The van der Waals surface area contributed by atoms with E-state index in [2.05, 4.69) is 9.97 Å². The highest BCUT2D eigenvalue weighted by atomic mass is 32.2. The smallest absolute Gasteiger partial charge is 0.191 e. The van der Waals surface area contributed by atoms with Gasteiger partial charge >= 0.3 is 0 Å². The number of benzene rings is 1. The molecule has 0 fully saturated rings. The number of hydrogen-bond acceptors (Lipinski definition) is 8. The summed E-state index contributed by atoms with van der Waals surface area (Å²) in [7, 11) is 3.11. The second-order valence-electron chi connectivity index (χ2n) is 6.56. The van der Waals surface area contributed by atoms with Crippen molar-refractivity contribution in [3.8, 4) is 11.5 Å². The maximum atomic E-state index is 12.7. The largest absolute Gasteiger partial charge is 0.497 e. The number of aryl methyl sites for hydroxylation is 2. The van der Waals surface area contributed by atoms with Crippen LogP contribution in [0.3, 0.4) is 0 Å². The average molecular weight is 416 g/mol. The average Bonchev–Trinajstić information content (AvgIpc) is 3.10. The number of thioether (sulfide) groups is 1. The van der Waals surface area contributed by atoms with E-state index in [0.29, 0.717) is 28.0 Å². The van der Waals surface area contributed by atoms with Crippen molar-refractivity contribution in [2.75, 3.05) is 25.7 Å². The van der Waals surface area contributed by atoms with E-state index in [1.165, 1.54) is 35.0 Å². The fraction of sp³-hybridized carbons (Fsp3) is 0.350. The summed E-state index contributed by atoms with van der Waals surface area (Å²) in [6, 6.07) is 5.18. The van der Waals surface area contributed by atoms with Gasteiger partial charge in [-0.3, -0.25) is 4.79 Å². The van der Waals surface area contributed by atoms with Gasteiger partial charge in [0.05, 0.1) is 30.9 Å². The van der Waals surface area contributed by atoms with Gasteiger partial charge in [-0.05, 0) is 49.4 Å². The summed E-state index contributed by atoms with van der Waals surface area (Å²) in [6.07, 6.45) is 4.53. The molecule has 146 valence electrons. The molecule has 6 nitrogen and oxygen atoms in total. The standard InChI is InChI=1S/C20H21N3O3S2/c1-25-11-7-8-15(26-2)13(9-11)14(24)10-27-20-22-18(21)17-12-5-3-4-6-16(12)28-19(17)23-20/h7-9H,3-6,10H2,1-2H3,(H2,21,22,23). The molecule has 0 saturated heterocycles. The predicted molar refractivity (Wildman–Crippen MR) is 113 cm³/mol. The monoisotopic (exact) mass is 415 g/mol. The number of Topliss-reactive ketones (excluding diaryl/α,β-unsaturated/α-hetero) is 1. The Morgan fingerprint density at radius 1 is 1.21 bits per heavy atom. The highest BCUT2D eigenvalue weighted by Crippen LogP contribution is 2.38. The highest BCUT2D eigenvalue weighted by molar-refractivity contribution is 7.99. The quantitative estimate of drug-likeness (QED) is 0.368. The van der Waals surface area contributed by atoms with Crippen LogP contribution in [0.4, 0.5) is 5.82 Å². The molecule has 8 heteroatoms. The van der Waals surface area contributed by atoms with Crippen molar-refractivity contribution < 1.29 is 14.3 Å². The molecule has 0 saturated carbocycles. The first-order chi connectivity index (χ1) is 13.6. The second-order valence-corrected chi connectivity index (χ2v) is 8.59. The molecular weight excluding hydrogens is 394 g/mol. The zero-order valence-corrected chi connectivity index (χ0v) is 17.4. The maximum Gasteiger partial charge on any atom is 0.191 e. The van der Waals surface area contributed by atoms with Crippen LogP contribution in [0.15, 0.2) is 23.4 Å². The second kappa shape index (κ2) is 7.97. The van der Waals surface area contributed by atoms with Gasteiger partial charge in [0.2, 0.25) is 0 Å². The van der Waals surface area contributed by atoms with Crippen LogP contribution in [-0.4, -0.2) is 35.7 Å². The van der Waals surface area contributed by atoms with Gasteiger partial charge in [0.15, 0.2) is 10.9 Å². The van der Waals surface area contributed by atoms with Crippen molar-refractivity contribution in [2.45, 2.75) is 30.8 Å². The molecule has 1 aromatic carbocycles. The van der Waals surface area contributed by atoms with Crippen LogP contribution in [0.1, 0.15) is 33.6 Å². The lowest BCUT2D eigenvalue weighted by atomic mass is 9.97. The number of rotatable bonds is 6. The lowest BCUT2D eigenvalue weighted by Gasteiger charge is -2.11. The van der Waals surface area contributed by atoms with E-state index in [-0.39, 0.29) is 11.5 Å². The van der Waals surface area contributed by atoms with E-state index in [9.17, 15) is 4.79 Å². The van der Waals surface area contributed by atoms with Crippen LogP contribution in [0.25, 0.3) is 10.2 Å². The number of hydrogen-bond donors (Lipinski definition) is 1. The number of carbonyl (C=O) groups excluding carboxylic acids is 1. The Labute approximate surface area is 171 Å². The van der Waals surface area contributed by atoms with Crippen molar-refractivity contribution >= 4 is 44.9 Å². The van der Waals surface area contributed by atoms with Crippen molar-refractivity contribution in [1.29, 1.82) is 0 Å². The minimum absolute atomic E-state index is 0.0755. The van der Waals surface area contributed by atoms with E-state index < -0.39 is 0 Å². The van der Waals surface area contributed by atoms with Gasteiger partial charge in [-0.15, -0.1) is 11.3 Å². The number of carbonyl (C=O) groups is 1. The van der Waals surface area contributed by atoms with Crippen molar-refractivity contribution in [1.82, 2.24) is 9.97 Å². The first-order valence-corrected chi connectivity index (χ1v) is 10.9. The van der Waals surface area contributed by atoms with Gasteiger partial charge in [0.25, 0.3) is 0 Å². The molecule has 0 bridgehead atoms. The van der Waals surface area contributed by atoms with Crippen LogP contribution < -0.4 is 15.2 Å². The van der Waals surface area contributed by atoms with Crippen LogP contribution in [-0.2, 0) is 12.8 Å². The van der Waals surface area contributed by atoms with Gasteiger partial charge in [0, 0.05) is 4.88 Å². The number of ketones is 1. The third-order valence-electron chi connectivity index (χ3n) is 4.86. The Kier molecular flexibility index (Phi) is 5.41. The molecule has 4 rings (SSSR count). The van der Waals surface area contributed by atoms with Gasteiger partial charge in [-0.2, -0.15) is 0 Å². The SMILES string of the molecule is COc1ccc(OC)c(C(=O)CSc2nc(N)c3c4c(sc3n2)CCCC4)c1. The number of nitrogens with two attached hydrogens (primary N) is 1. The third-order valence-corrected chi connectivity index (χ3v) is 6.89. The molecule has 1 aliphatic carbocycles. The van der Waals surface area contributed by atoms with Crippen LogP contribution in [0.5, 0.6) is 11.5 Å². The summed E-state index contributed by atoms with van der Waals surface area (Å²) in [5.74, 6) is 1.76. The highest BCUT2D eigenvalue weighted by Gasteiger charge is 2.21. The number of aromatic nitrogens is 2. The Morgan fingerprint density at radius 3 is 2.82 bits per heavy atom. The van der Waals surface area contributed by atoms with Crippen LogP contribution >= 0.6 is 23.1 Å². The van der Waals surface area contributed by atoms with E-state index in [1.807, 2.05) is 0 Å². The van der Waals surface area contributed by atoms with Crippen molar-refractivity contribution in [3.63, 3.8) is 0 Å².